The summed E-state index contributed by atoms with van der Waals surface area (Å²) < 4.78 is 1.70. The van der Waals surface area contributed by atoms with Gasteiger partial charge >= 0.3 is 12.1 Å². The van der Waals surface area contributed by atoms with Gasteiger partial charge in [0, 0.05) is 38.1 Å². The maximum Gasteiger partial charge on any atom is 0.325 e. The van der Waals surface area contributed by atoms with E-state index in [-0.39, 0.29) is 6.03 Å². The van der Waals surface area contributed by atoms with Gasteiger partial charge in [-0.3, -0.25) is 9.67 Å². The van der Waals surface area contributed by atoms with E-state index in [0.29, 0.717) is 19.6 Å². The third-order valence-corrected chi connectivity index (χ3v) is 3.46. The van der Waals surface area contributed by atoms with Crippen molar-refractivity contribution in [2.45, 2.75) is 6.54 Å². The first kappa shape index (κ1) is 14.1. The first-order valence-electron chi connectivity index (χ1n) is 6.91. The highest BCUT2D eigenvalue weighted by Crippen LogP contribution is 2.17. The summed E-state index contributed by atoms with van der Waals surface area (Å²) in [7, 11) is 1.81. The molecule has 1 aliphatic heterocycles. The molecule has 0 saturated carbocycles. The van der Waals surface area contributed by atoms with Crippen LogP contribution in [0, 0.1) is 0 Å². The number of pyridine rings is 1. The normalized spacial score (nSPS) is 14.0. The van der Waals surface area contributed by atoms with Crippen LogP contribution in [-0.4, -0.2) is 44.8 Å². The molecule has 8 nitrogen and oxygen atoms in total. The lowest BCUT2D eigenvalue weighted by Gasteiger charge is -2.13. The minimum absolute atomic E-state index is 0.298. The molecule has 2 aromatic heterocycles. The van der Waals surface area contributed by atoms with Crippen molar-refractivity contribution < 1.29 is 9.59 Å². The second kappa shape index (κ2) is 5.84. The van der Waals surface area contributed by atoms with Crippen LogP contribution in [0.3, 0.4) is 0 Å². The van der Waals surface area contributed by atoms with E-state index >= 15 is 0 Å². The predicted octanol–water partition coefficient (Wildman–Crippen LogP) is 0.717. The average Bonchev–Trinajstić information content (AvgIpc) is 3.12. The maximum absolute atomic E-state index is 11.9. The van der Waals surface area contributed by atoms with E-state index in [4.69, 9.17) is 0 Å². The van der Waals surface area contributed by atoms with Crippen molar-refractivity contribution in [1.29, 1.82) is 0 Å². The van der Waals surface area contributed by atoms with E-state index in [2.05, 4.69) is 20.7 Å². The number of hydrogen-bond donors (Lipinski definition) is 2. The monoisotopic (exact) mass is 300 g/mol. The van der Waals surface area contributed by atoms with Gasteiger partial charge in [0.05, 0.1) is 17.9 Å². The Labute approximate surface area is 127 Å². The summed E-state index contributed by atoms with van der Waals surface area (Å²) in [6, 6.07) is 4.89. The molecular weight excluding hydrogens is 284 g/mol. The van der Waals surface area contributed by atoms with E-state index in [9.17, 15) is 9.59 Å². The topological polar surface area (TPSA) is 92.2 Å². The largest absolute Gasteiger partial charge is 0.336 e. The van der Waals surface area contributed by atoms with Crippen molar-refractivity contribution in [2.24, 2.45) is 7.05 Å². The van der Waals surface area contributed by atoms with Gasteiger partial charge in [-0.2, -0.15) is 5.10 Å². The number of rotatable bonds is 3. The standard InChI is InChI=1S/C14H16N6O2/c1-19-11(7-12(18-19)10-3-2-4-15-8-10)9-17-14(22)20-6-5-16-13(20)21/h2-4,7-8H,5-6,9H2,1H3,(H,16,21)(H,17,22). The summed E-state index contributed by atoms with van der Waals surface area (Å²) in [5.41, 5.74) is 2.54. The van der Waals surface area contributed by atoms with Crippen molar-refractivity contribution in [2.75, 3.05) is 13.1 Å². The van der Waals surface area contributed by atoms with Gasteiger partial charge in [-0.25, -0.2) is 14.5 Å². The Balaban J connectivity index is 1.67. The van der Waals surface area contributed by atoms with E-state index in [0.717, 1.165) is 21.9 Å². The Hall–Kier alpha value is -2.90. The molecule has 0 radical (unpaired) electrons. The molecule has 2 aromatic rings. The highest BCUT2D eigenvalue weighted by molar-refractivity contribution is 5.94. The lowest BCUT2D eigenvalue weighted by Crippen LogP contribution is -2.41. The number of nitrogens with one attached hydrogen (secondary N) is 2. The molecule has 0 spiro atoms. The molecule has 22 heavy (non-hydrogen) atoms. The van der Waals surface area contributed by atoms with Crippen LogP contribution in [-0.2, 0) is 13.6 Å². The Bertz CT molecular complexity index is 697. The molecule has 2 N–H and O–H groups in total. The molecule has 4 amide bonds. The first-order valence-corrected chi connectivity index (χ1v) is 6.91. The Morgan fingerprint density at radius 1 is 1.50 bits per heavy atom. The molecule has 0 bridgehead atoms. The number of amides is 4. The summed E-state index contributed by atoms with van der Waals surface area (Å²) in [6.07, 6.45) is 3.44. The number of hydrogen-bond acceptors (Lipinski definition) is 4. The van der Waals surface area contributed by atoms with Crippen LogP contribution in [0.5, 0.6) is 0 Å². The zero-order valence-corrected chi connectivity index (χ0v) is 12.1. The molecule has 0 unspecified atom stereocenters. The quantitative estimate of drug-likeness (QED) is 0.873. The number of imide groups is 1. The molecule has 0 aromatic carbocycles. The highest BCUT2D eigenvalue weighted by atomic mass is 16.2. The van der Waals surface area contributed by atoms with Crippen LogP contribution < -0.4 is 10.6 Å². The summed E-state index contributed by atoms with van der Waals surface area (Å²) in [6.45, 7) is 1.17. The van der Waals surface area contributed by atoms with Gasteiger partial charge in [0.2, 0.25) is 0 Å². The number of aryl methyl sites for hydroxylation is 1. The van der Waals surface area contributed by atoms with Crippen LogP contribution >= 0.6 is 0 Å². The maximum atomic E-state index is 11.9. The van der Waals surface area contributed by atoms with E-state index in [1.54, 1.807) is 17.1 Å². The summed E-state index contributed by atoms with van der Waals surface area (Å²) in [4.78, 5) is 28.6. The third kappa shape index (κ3) is 2.76. The van der Waals surface area contributed by atoms with Crippen molar-refractivity contribution in [1.82, 2.24) is 30.3 Å². The Morgan fingerprint density at radius 2 is 2.36 bits per heavy atom. The lowest BCUT2D eigenvalue weighted by molar-refractivity contribution is 0.198. The molecule has 8 heteroatoms. The molecule has 0 atom stereocenters. The zero-order chi connectivity index (χ0) is 15.5. The summed E-state index contributed by atoms with van der Waals surface area (Å²) >= 11 is 0. The van der Waals surface area contributed by atoms with Crippen molar-refractivity contribution in [3.8, 4) is 11.3 Å². The fourth-order valence-corrected chi connectivity index (χ4v) is 2.25. The molecule has 1 fully saturated rings. The zero-order valence-electron chi connectivity index (χ0n) is 12.1. The Morgan fingerprint density at radius 3 is 3.05 bits per heavy atom. The van der Waals surface area contributed by atoms with E-state index < -0.39 is 6.03 Å². The van der Waals surface area contributed by atoms with Crippen LogP contribution in [0.2, 0.25) is 0 Å². The SMILES string of the molecule is Cn1nc(-c2cccnc2)cc1CNC(=O)N1CCNC1=O. The third-order valence-electron chi connectivity index (χ3n) is 3.46. The number of urea groups is 2. The molecule has 1 aliphatic rings. The van der Waals surface area contributed by atoms with E-state index in [1.807, 2.05) is 25.2 Å². The molecule has 3 rings (SSSR count). The minimum Gasteiger partial charge on any atom is -0.336 e. The molecule has 114 valence electrons. The second-order valence-electron chi connectivity index (χ2n) is 4.93. The molecule has 3 heterocycles. The number of aromatic nitrogens is 3. The summed E-state index contributed by atoms with van der Waals surface area (Å²) in [5.74, 6) is 0. The fourth-order valence-electron chi connectivity index (χ4n) is 2.25. The predicted molar refractivity (Wildman–Crippen MR) is 78.8 cm³/mol. The average molecular weight is 300 g/mol. The molecule has 0 aliphatic carbocycles. The van der Waals surface area contributed by atoms with Crippen molar-refractivity contribution in [3.05, 3.63) is 36.3 Å². The van der Waals surface area contributed by atoms with Gasteiger partial charge in [0.15, 0.2) is 0 Å². The van der Waals surface area contributed by atoms with Crippen molar-refractivity contribution >= 4 is 12.1 Å². The van der Waals surface area contributed by atoms with Gasteiger partial charge in [-0.1, -0.05) is 0 Å². The first-order chi connectivity index (χ1) is 10.6. The number of carbonyl (C=O) groups is 2. The van der Waals surface area contributed by atoms with E-state index in [1.165, 1.54) is 0 Å². The smallest absolute Gasteiger partial charge is 0.325 e. The van der Waals surface area contributed by atoms with Crippen LogP contribution in [0.1, 0.15) is 5.69 Å². The molecular formula is C14H16N6O2. The van der Waals surface area contributed by atoms with Crippen LogP contribution in [0.15, 0.2) is 30.6 Å². The van der Waals surface area contributed by atoms with Gasteiger partial charge in [-0.05, 0) is 18.2 Å². The highest BCUT2D eigenvalue weighted by Gasteiger charge is 2.25. The number of nitrogens with zero attached hydrogens (tertiary/aromatic N) is 4. The summed E-state index contributed by atoms with van der Waals surface area (Å²) in [5, 5.41) is 9.72. The van der Waals surface area contributed by atoms with Gasteiger partial charge in [0.1, 0.15) is 0 Å². The van der Waals surface area contributed by atoms with Gasteiger partial charge in [-0.15, -0.1) is 0 Å². The lowest BCUT2D eigenvalue weighted by atomic mass is 10.2. The fraction of sp³-hybridized carbons (Fsp3) is 0.286. The second-order valence-corrected chi connectivity index (χ2v) is 4.93. The van der Waals surface area contributed by atoms with Crippen LogP contribution in [0.4, 0.5) is 9.59 Å². The molecule has 1 saturated heterocycles. The Kier molecular flexibility index (Phi) is 3.73. The number of carbonyl (C=O) groups excluding carboxylic acids is 2. The van der Waals surface area contributed by atoms with Gasteiger partial charge in [0.25, 0.3) is 0 Å². The minimum atomic E-state index is -0.404. The van der Waals surface area contributed by atoms with Gasteiger partial charge < -0.3 is 10.6 Å². The van der Waals surface area contributed by atoms with Crippen molar-refractivity contribution in [3.63, 3.8) is 0 Å². The van der Waals surface area contributed by atoms with Crippen LogP contribution in [0.25, 0.3) is 11.3 Å².